The molecule has 0 unspecified atom stereocenters. The van der Waals surface area contributed by atoms with E-state index in [1.165, 1.54) is 10.6 Å². The fraction of sp³-hybridized carbons (Fsp3) is 0.400. The van der Waals surface area contributed by atoms with Gasteiger partial charge in [-0.1, -0.05) is 12.1 Å². The van der Waals surface area contributed by atoms with Gasteiger partial charge in [0.2, 0.25) is 5.88 Å². The highest BCUT2D eigenvalue weighted by Gasteiger charge is 2.26. The second-order valence-corrected chi connectivity index (χ2v) is 8.84. The van der Waals surface area contributed by atoms with Gasteiger partial charge in [-0.25, -0.2) is 4.98 Å². The summed E-state index contributed by atoms with van der Waals surface area (Å²) in [7, 11) is 3.33. The number of halogens is 2. The summed E-state index contributed by atoms with van der Waals surface area (Å²) in [5, 5.41) is 0. The Kier molecular flexibility index (Phi) is 9.19. The molecule has 1 aromatic carbocycles. The molecule has 36 heavy (non-hydrogen) atoms. The highest BCUT2D eigenvalue weighted by molar-refractivity contribution is 5.76. The average Bonchev–Trinajstić information content (AvgIpc) is 3.28. The maximum absolute atomic E-state index is 13.3. The molecule has 0 radical (unpaired) electrons. The molecule has 1 saturated heterocycles. The lowest BCUT2D eigenvalue weighted by atomic mass is 10.2. The number of imidazole rings is 1. The van der Waals surface area contributed by atoms with E-state index in [0.717, 1.165) is 56.2 Å². The third kappa shape index (κ3) is 5.15. The lowest BCUT2D eigenvalue weighted by Gasteiger charge is -2.30. The SMILES string of the molecule is COc1ccc2c(n1)n1c(C)ncc1c(=O)n2CCC[NH+]1CC[NH+](c2ccccc2OC)CC1.[Cl-].[Cl-]. The van der Waals surface area contributed by atoms with E-state index in [1.807, 2.05) is 40.2 Å². The highest BCUT2D eigenvalue weighted by atomic mass is 35.5. The van der Waals surface area contributed by atoms with Crippen molar-refractivity contribution >= 4 is 22.4 Å². The molecule has 4 aromatic rings. The zero-order valence-electron chi connectivity index (χ0n) is 20.8. The molecule has 11 heteroatoms. The second kappa shape index (κ2) is 11.9. The lowest BCUT2D eigenvalue weighted by Crippen LogP contribution is -3.26. The monoisotopic (exact) mass is 534 g/mol. The van der Waals surface area contributed by atoms with E-state index in [-0.39, 0.29) is 30.4 Å². The van der Waals surface area contributed by atoms with Crippen LogP contribution in [0.5, 0.6) is 11.6 Å². The van der Waals surface area contributed by atoms with Crippen molar-refractivity contribution < 1.29 is 44.1 Å². The highest BCUT2D eigenvalue weighted by Crippen LogP contribution is 2.19. The zero-order chi connectivity index (χ0) is 23.7. The molecule has 3 aromatic heterocycles. The van der Waals surface area contributed by atoms with Crippen LogP contribution < -0.4 is 49.6 Å². The fourth-order valence-corrected chi connectivity index (χ4v) is 5.09. The van der Waals surface area contributed by atoms with Gasteiger partial charge in [0.05, 0.1) is 32.5 Å². The number of hydrogen-bond acceptors (Lipinski definition) is 5. The van der Waals surface area contributed by atoms with E-state index in [1.54, 1.807) is 25.3 Å². The van der Waals surface area contributed by atoms with Crippen LogP contribution in [0.1, 0.15) is 12.2 Å². The maximum Gasteiger partial charge on any atom is 0.277 e. The van der Waals surface area contributed by atoms with Crippen molar-refractivity contribution in [2.24, 2.45) is 0 Å². The molecule has 0 aliphatic carbocycles. The second-order valence-electron chi connectivity index (χ2n) is 8.84. The molecule has 1 aliphatic heterocycles. The standard InChI is InChI=1S/C25H30N6O3.2ClH/c1-18-26-17-21-25(32)30(20-9-10-23(34-3)27-24(20)31(18)21)12-6-11-28-13-15-29(16-14-28)19-7-4-5-8-22(19)33-2;;/h4-5,7-10,17H,6,11-16H2,1-3H3;2*1H. The number of benzene rings is 1. The van der Waals surface area contributed by atoms with Crippen molar-refractivity contribution in [1.29, 1.82) is 0 Å². The molecule has 194 valence electrons. The molecule has 0 saturated carbocycles. The Morgan fingerprint density at radius 3 is 2.44 bits per heavy atom. The van der Waals surface area contributed by atoms with Crippen molar-refractivity contribution in [1.82, 2.24) is 18.9 Å². The number of nitrogens with zero attached hydrogens (tertiary/aromatic N) is 4. The Morgan fingerprint density at radius 1 is 0.972 bits per heavy atom. The van der Waals surface area contributed by atoms with E-state index >= 15 is 0 Å². The minimum Gasteiger partial charge on any atom is -1.00 e. The number of methoxy groups -OCH3 is 2. The van der Waals surface area contributed by atoms with E-state index < -0.39 is 0 Å². The van der Waals surface area contributed by atoms with Gasteiger partial charge in [0, 0.05) is 25.1 Å². The molecule has 5 rings (SSSR count). The van der Waals surface area contributed by atoms with Gasteiger partial charge in [-0.3, -0.25) is 14.1 Å². The minimum atomic E-state index is -0.0273. The third-order valence-electron chi connectivity index (χ3n) is 6.90. The quantitative estimate of drug-likeness (QED) is 0.247. The molecule has 9 nitrogen and oxygen atoms in total. The van der Waals surface area contributed by atoms with Gasteiger partial charge in [0.1, 0.15) is 37.5 Å². The van der Waals surface area contributed by atoms with Crippen LogP contribution in [0.3, 0.4) is 0 Å². The van der Waals surface area contributed by atoms with Crippen molar-refractivity contribution in [2.75, 3.05) is 46.9 Å². The Balaban J connectivity index is 0.00000180. The summed E-state index contributed by atoms with van der Waals surface area (Å²) in [5.41, 5.74) is 3.27. The molecule has 2 N–H and O–H groups in total. The number of rotatable bonds is 7. The Hall–Kier alpha value is -2.85. The van der Waals surface area contributed by atoms with Crippen molar-refractivity contribution in [3.63, 3.8) is 0 Å². The molecule has 0 spiro atoms. The summed E-state index contributed by atoms with van der Waals surface area (Å²) < 4.78 is 14.5. The number of quaternary nitrogens is 2. The molecule has 1 fully saturated rings. The number of fused-ring (bicyclic) bond motifs is 3. The van der Waals surface area contributed by atoms with E-state index in [4.69, 9.17) is 9.47 Å². The molecule has 4 heterocycles. The van der Waals surface area contributed by atoms with Crippen LogP contribution in [0.4, 0.5) is 5.69 Å². The van der Waals surface area contributed by atoms with Crippen LogP contribution >= 0.6 is 0 Å². The third-order valence-corrected chi connectivity index (χ3v) is 6.90. The fourth-order valence-electron chi connectivity index (χ4n) is 5.09. The molecule has 0 atom stereocenters. The first-order valence-corrected chi connectivity index (χ1v) is 11.8. The van der Waals surface area contributed by atoms with E-state index in [0.29, 0.717) is 23.6 Å². The number of nitrogens with one attached hydrogen (secondary N) is 2. The number of aryl methyl sites for hydroxylation is 2. The zero-order valence-corrected chi connectivity index (χ0v) is 22.3. The van der Waals surface area contributed by atoms with Crippen molar-refractivity contribution in [2.45, 2.75) is 19.9 Å². The van der Waals surface area contributed by atoms with Gasteiger partial charge in [-0.2, -0.15) is 4.98 Å². The smallest absolute Gasteiger partial charge is 0.277 e. The van der Waals surface area contributed by atoms with E-state index in [2.05, 4.69) is 22.1 Å². The van der Waals surface area contributed by atoms with Gasteiger partial charge in [-0.15, -0.1) is 0 Å². The van der Waals surface area contributed by atoms with Crippen molar-refractivity contribution in [3.05, 3.63) is 58.8 Å². The van der Waals surface area contributed by atoms with Crippen LogP contribution in [0.2, 0.25) is 0 Å². The van der Waals surface area contributed by atoms with Crippen LogP contribution in [0.25, 0.3) is 16.7 Å². The Morgan fingerprint density at radius 2 is 1.72 bits per heavy atom. The molecular formula is C25H32Cl2N6O3. The van der Waals surface area contributed by atoms with E-state index in [9.17, 15) is 4.79 Å². The number of para-hydroxylation sites is 2. The first-order valence-electron chi connectivity index (χ1n) is 11.8. The number of piperazine rings is 1. The molecule has 1 aliphatic rings. The van der Waals surface area contributed by atoms with Crippen LogP contribution in [-0.4, -0.2) is 65.9 Å². The minimum absolute atomic E-state index is 0. The number of pyridine rings is 1. The molecule has 0 bridgehead atoms. The first-order chi connectivity index (χ1) is 16.6. The average molecular weight is 535 g/mol. The van der Waals surface area contributed by atoms with Gasteiger partial charge >= 0.3 is 0 Å². The van der Waals surface area contributed by atoms with Gasteiger partial charge in [0.25, 0.3) is 5.56 Å². The largest absolute Gasteiger partial charge is 1.00 e. The normalized spacial score (nSPS) is 17.4. The van der Waals surface area contributed by atoms with Crippen LogP contribution in [0.15, 0.2) is 47.4 Å². The van der Waals surface area contributed by atoms with Crippen LogP contribution in [0, 0.1) is 6.92 Å². The van der Waals surface area contributed by atoms with Gasteiger partial charge in [-0.05, 0) is 19.1 Å². The lowest BCUT2D eigenvalue weighted by molar-refractivity contribution is -0.986. The number of aromatic nitrogens is 4. The predicted octanol–water partition coefficient (Wildman–Crippen LogP) is -6.12. The van der Waals surface area contributed by atoms with Crippen LogP contribution in [-0.2, 0) is 6.54 Å². The Bertz CT molecular complexity index is 1380. The van der Waals surface area contributed by atoms with Crippen molar-refractivity contribution in [3.8, 4) is 11.6 Å². The first kappa shape index (κ1) is 27.7. The van der Waals surface area contributed by atoms with Gasteiger partial charge < -0.3 is 43.8 Å². The maximum atomic E-state index is 13.3. The summed E-state index contributed by atoms with van der Waals surface area (Å²) >= 11 is 0. The summed E-state index contributed by atoms with van der Waals surface area (Å²) in [5.74, 6) is 2.22. The number of hydrogen-bond donors (Lipinski definition) is 2. The summed E-state index contributed by atoms with van der Waals surface area (Å²) in [6.45, 7) is 7.90. The summed E-state index contributed by atoms with van der Waals surface area (Å²) in [6, 6.07) is 12.0. The summed E-state index contributed by atoms with van der Waals surface area (Å²) in [4.78, 5) is 25.3. The number of ether oxygens (including phenoxy) is 2. The predicted molar refractivity (Wildman–Crippen MR) is 130 cm³/mol. The Labute approximate surface area is 222 Å². The summed E-state index contributed by atoms with van der Waals surface area (Å²) in [6.07, 6.45) is 2.56. The molecule has 0 amide bonds. The topological polar surface area (TPSA) is 79.5 Å². The molecular weight excluding hydrogens is 503 g/mol. The van der Waals surface area contributed by atoms with Gasteiger partial charge in [0.15, 0.2) is 17.1 Å².